The third-order valence-corrected chi connectivity index (χ3v) is 5.08. The number of carbonyl (C=O) groups excluding carboxylic acids is 2. The van der Waals surface area contributed by atoms with E-state index in [9.17, 15) is 9.59 Å². The lowest BCUT2D eigenvalue weighted by Gasteiger charge is -2.13. The molecule has 0 bridgehead atoms. The van der Waals surface area contributed by atoms with Crippen LogP contribution in [0, 0.1) is 0 Å². The van der Waals surface area contributed by atoms with E-state index in [0.717, 1.165) is 16.5 Å². The molecular weight excluding hydrogens is 398 g/mol. The van der Waals surface area contributed by atoms with Crippen molar-refractivity contribution in [1.82, 2.24) is 4.57 Å². The van der Waals surface area contributed by atoms with Gasteiger partial charge in [-0.05, 0) is 35.9 Å². The van der Waals surface area contributed by atoms with Crippen LogP contribution in [0.2, 0.25) is 5.02 Å². The summed E-state index contributed by atoms with van der Waals surface area (Å²) >= 11 is 6.32. The number of amides is 2. The highest BCUT2D eigenvalue weighted by Crippen LogP contribution is 2.27. The number of nitrogens with one attached hydrogen (secondary N) is 2. The molecule has 0 saturated heterocycles. The Bertz CT molecular complexity index is 1230. The maximum absolute atomic E-state index is 13.1. The summed E-state index contributed by atoms with van der Waals surface area (Å²) in [4.78, 5) is 24.4. The summed E-state index contributed by atoms with van der Waals surface area (Å²) in [7, 11) is 0. The van der Waals surface area contributed by atoms with E-state index in [1.165, 1.54) is 6.92 Å². The van der Waals surface area contributed by atoms with Crippen molar-refractivity contribution in [3.63, 3.8) is 0 Å². The zero-order valence-electron chi connectivity index (χ0n) is 16.4. The van der Waals surface area contributed by atoms with Gasteiger partial charge in [0.1, 0.15) is 5.69 Å². The highest BCUT2D eigenvalue weighted by atomic mass is 35.5. The van der Waals surface area contributed by atoms with E-state index >= 15 is 0 Å². The number of rotatable bonds is 5. The predicted molar refractivity (Wildman–Crippen MR) is 121 cm³/mol. The fourth-order valence-electron chi connectivity index (χ4n) is 3.42. The zero-order chi connectivity index (χ0) is 21.1. The molecule has 2 amide bonds. The normalized spacial score (nSPS) is 10.7. The topological polar surface area (TPSA) is 63.1 Å². The van der Waals surface area contributed by atoms with Gasteiger partial charge in [0.15, 0.2) is 0 Å². The molecular formula is C24H20ClN3O2. The van der Waals surface area contributed by atoms with Crippen molar-refractivity contribution in [1.29, 1.82) is 0 Å². The van der Waals surface area contributed by atoms with E-state index in [0.29, 0.717) is 28.6 Å². The molecule has 3 aromatic carbocycles. The SMILES string of the molecule is CC(=O)Nc1ccc(NC(=O)c2cc3ccccc3n2Cc2ccccc2)c(Cl)c1. The van der Waals surface area contributed by atoms with Crippen molar-refractivity contribution in [2.45, 2.75) is 13.5 Å². The second-order valence-corrected chi connectivity index (χ2v) is 7.40. The predicted octanol–water partition coefficient (Wildman–Crippen LogP) is 5.55. The van der Waals surface area contributed by atoms with Crippen molar-refractivity contribution in [3.8, 4) is 0 Å². The largest absolute Gasteiger partial charge is 0.332 e. The first-order valence-electron chi connectivity index (χ1n) is 9.52. The molecule has 0 aliphatic carbocycles. The van der Waals surface area contributed by atoms with Gasteiger partial charge in [0.05, 0.1) is 10.7 Å². The lowest BCUT2D eigenvalue weighted by Crippen LogP contribution is -2.18. The van der Waals surface area contributed by atoms with Gasteiger partial charge in [-0.25, -0.2) is 0 Å². The van der Waals surface area contributed by atoms with Crippen LogP contribution in [0.25, 0.3) is 10.9 Å². The number of halogens is 1. The van der Waals surface area contributed by atoms with Crippen LogP contribution in [-0.2, 0) is 11.3 Å². The molecule has 0 spiro atoms. The standard InChI is InChI=1S/C24H20ClN3O2/c1-16(29)26-19-11-12-21(20(25)14-19)27-24(30)23-13-18-9-5-6-10-22(18)28(23)15-17-7-3-2-4-8-17/h2-14H,15H2,1H3,(H,26,29)(H,27,30). The molecule has 2 N–H and O–H groups in total. The second kappa shape index (κ2) is 8.43. The van der Waals surface area contributed by atoms with Crippen LogP contribution in [0.5, 0.6) is 0 Å². The van der Waals surface area contributed by atoms with E-state index in [4.69, 9.17) is 11.6 Å². The summed E-state index contributed by atoms with van der Waals surface area (Å²) < 4.78 is 2.00. The van der Waals surface area contributed by atoms with Gasteiger partial charge in [0.2, 0.25) is 5.91 Å². The summed E-state index contributed by atoms with van der Waals surface area (Å²) in [6, 6.07) is 24.8. The Morgan fingerprint density at radius 1 is 0.900 bits per heavy atom. The number of hydrogen-bond acceptors (Lipinski definition) is 2. The monoisotopic (exact) mass is 417 g/mol. The van der Waals surface area contributed by atoms with Crippen molar-refractivity contribution >= 4 is 45.7 Å². The van der Waals surface area contributed by atoms with E-state index in [1.54, 1.807) is 18.2 Å². The van der Waals surface area contributed by atoms with Crippen molar-refractivity contribution in [3.05, 3.63) is 95.1 Å². The minimum atomic E-state index is -0.253. The molecule has 0 radical (unpaired) electrons. The van der Waals surface area contributed by atoms with Crippen LogP contribution in [0.3, 0.4) is 0 Å². The van der Waals surface area contributed by atoms with Gasteiger partial charge >= 0.3 is 0 Å². The van der Waals surface area contributed by atoms with E-state index in [1.807, 2.05) is 65.2 Å². The maximum Gasteiger partial charge on any atom is 0.272 e. The molecule has 0 atom stereocenters. The first-order chi connectivity index (χ1) is 14.5. The van der Waals surface area contributed by atoms with Gasteiger partial charge in [-0.15, -0.1) is 0 Å². The molecule has 1 aromatic heterocycles. The summed E-state index contributed by atoms with van der Waals surface area (Å²) in [5, 5.41) is 6.90. The number of nitrogens with zero attached hydrogens (tertiary/aromatic N) is 1. The molecule has 0 saturated carbocycles. The van der Waals surface area contributed by atoms with Crippen LogP contribution in [0.15, 0.2) is 78.9 Å². The molecule has 1 heterocycles. The summed E-state index contributed by atoms with van der Waals surface area (Å²) in [5.74, 6) is -0.440. The van der Waals surface area contributed by atoms with E-state index in [-0.39, 0.29) is 11.8 Å². The lowest BCUT2D eigenvalue weighted by molar-refractivity contribution is -0.114. The molecule has 5 nitrogen and oxygen atoms in total. The molecule has 4 aromatic rings. The number of para-hydroxylation sites is 1. The zero-order valence-corrected chi connectivity index (χ0v) is 17.1. The Kier molecular flexibility index (Phi) is 5.55. The fourth-order valence-corrected chi connectivity index (χ4v) is 3.65. The molecule has 4 rings (SSSR count). The highest BCUT2D eigenvalue weighted by Gasteiger charge is 2.17. The lowest BCUT2D eigenvalue weighted by atomic mass is 10.2. The minimum absolute atomic E-state index is 0.187. The molecule has 0 aliphatic heterocycles. The van der Waals surface area contributed by atoms with Gasteiger partial charge in [0, 0.05) is 30.1 Å². The number of hydrogen-bond donors (Lipinski definition) is 2. The number of anilines is 2. The van der Waals surface area contributed by atoms with Crippen LogP contribution in [-0.4, -0.2) is 16.4 Å². The van der Waals surface area contributed by atoms with Crippen molar-refractivity contribution < 1.29 is 9.59 Å². The summed E-state index contributed by atoms with van der Waals surface area (Å²) in [6.45, 7) is 2.00. The highest BCUT2D eigenvalue weighted by molar-refractivity contribution is 6.34. The quantitative estimate of drug-likeness (QED) is 0.447. The molecule has 0 aliphatic rings. The van der Waals surface area contributed by atoms with Crippen LogP contribution in [0.1, 0.15) is 23.0 Å². The Morgan fingerprint density at radius 2 is 1.63 bits per heavy atom. The van der Waals surface area contributed by atoms with Crippen molar-refractivity contribution in [2.75, 3.05) is 10.6 Å². The third-order valence-electron chi connectivity index (χ3n) is 4.76. The average Bonchev–Trinajstić information content (AvgIpc) is 3.09. The Morgan fingerprint density at radius 3 is 2.37 bits per heavy atom. The van der Waals surface area contributed by atoms with Crippen LogP contribution < -0.4 is 10.6 Å². The van der Waals surface area contributed by atoms with Gasteiger partial charge in [-0.1, -0.05) is 60.1 Å². The number of fused-ring (bicyclic) bond motifs is 1. The average molecular weight is 418 g/mol. The number of carbonyl (C=O) groups is 2. The number of benzene rings is 3. The Labute approximate surface area is 179 Å². The Hall–Kier alpha value is -3.57. The molecule has 0 unspecified atom stereocenters. The van der Waals surface area contributed by atoms with Crippen LogP contribution >= 0.6 is 11.6 Å². The minimum Gasteiger partial charge on any atom is -0.332 e. The van der Waals surface area contributed by atoms with Gasteiger partial charge in [-0.3, -0.25) is 9.59 Å². The molecule has 150 valence electrons. The van der Waals surface area contributed by atoms with Gasteiger partial charge in [-0.2, -0.15) is 0 Å². The summed E-state index contributed by atoms with van der Waals surface area (Å²) in [6.07, 6.45) is 0. The van der Waals surface area contributed by atoms with Crippen molar-refractivity contribution in [2.24, 2.45) is 0 Å². The molecule has 0 fully saturated rings. The van der Waals surface area contributed by atoms with Gasteiger partial charge < -0.3 is 15.2 Å². The first-order valence-corrected chi connectivity index (χ1v) is 9.90. The van der Waals surface area contributed by atoms with Crippen LogP contribution in [0.4, 0.5) is 11.4 Å². The first kappa shape index (κ1) is 19.7. The second-order valence-electron chi connectivity index (χ2n) is 6.99. The van der Waals surface area contributed by atoms with E-state index < -0.39 is 0 Å². The third kappa shape index (κ3) is 4.21. The fraction of sp³-hybridized carbons (Fsp3) is 0.0833. The van der Waals surface area contributed by atoms with Gasteiger partial charge in [0.25, 0.3) is 5.91 Å². The number of aromatic nitrogens is 1. The Balaban J connectivity index is 1.66. The summed E-state index contributed by atoms with van der Waals surface area (Å²) in [5.41, 5.74) is 3.68. The molecule has 30 heavy (non-hydrogen) atoms. The maximum atomic E-state index is 13.1. The smallest absolute Gasteiger partial charge is 0.272 e. The molecule has 6 heteroatoms. The van der Waals surface area contributed by atoms with E-state index in [2.05, 4.69) is 10.6 Å².